The Bertz CT molecular complexity index is 952. The summed E-state index contributed by atoms with van der Waals surface area (Å²) in [6, 6.07) is 15.2. The van der Waals surface area contributed by atoms with E-state index in [-0.39, 0.29) is 5.56 Å². The van der Waals surface area contributed by atoms with Crippen LogP contribution in [0.5, 0.6) is 11.5 Å². The molecule has 6 heteroatoms. The summed E-state index contributed by atoms with van der Waals surface area (Å²) in [5.41, 5.74) is 2.94. The Hall–Kier alpha value is -3.28. The van der Waals surface area contributed by atoms with Gasteiger partial charge in [0, 0.05) is 18.1 Å². The zero-order valence-electron chi connectivity index (χ0n) is 15.0. The summed E-state index contributed by atoms with van der Waals surface area (Å²) in [6.07, 6.45) is 0.543. The average molecular weight is 351 g/mol. The first kappa shape index (κ1) is 17.5. The van der Waals surface area contributed by atoms with Gasteiger partial charge in [-0.1, -0.05) is 30.3 Å². The number of ether oxygens (including phenoxy) is 2. The minimum absolute atomic E-state index is 0.156. The van der Waals surface area contributed by atoms with E-state index in [1.165, 1.54) is 0 Å². The van der Waals surface area contributed by atoms with E-state index in [9.17, 15) is 4.79 Å². The van der Waals surface area contributed by atoms with Gasteiger partial charge < -0.3 is 14.8 Å². The lowest BCUT2D eigenvalue weighted by Gasteiger charge is -2.13. The molecule has 0 fully saturated rings. The lowest BCUT2D eigenvalue weighted by atomic mass is 10.1. The molecule has 0 radical (unpaired) electrons. The number of hydrogen-bond acceptors (Lipinski definition) is 5. The molecule has 0 unspecified atom stereocenters. The van der Waals surface area contributed by atoms with Crippen LogP contribution >= 0.6 is 0 Å². The molecule has 0 aliphatic carbocycles. The molecule has 0 aliphatic rings. The summed E-state index contributed by atoms with van der Waals surface area (Å²) < 4.78 is 10.6. The number of nitrogens with one attached hydrogen (secondary N) is 2. The molecule has 2 N–H and O–H groups in total. The van der Waals surface area contributed by atoms with Gasteiger partial charge in [-0.15, -0.1) is 0 Å². The van der Waals surface area contributed by atoms with Crippen LogP contribution in [0.2, 0.25) is 0 Å². The van der Waals surface area contributed by atoms with Crippen LogP contribution in [0.1, 0.15) is 16.8 Å². The van der Waals surface area contributed by atoms with E-state index in [1.54, 1.807) is 26.4 Å². The highest BCUT2D eigenvalue weighted by Crippen LogP contribution is 2.30. The summed E-state index contributed by atoms with van der Waals surface area (Å²) in [5.74, 6) is 1.65. The van der Waals surface area contributed by atoms with Gasteiger partial charge in [0.1, 0.15) is 11.5 Å². The molecule has 3 aromatic rings. The standard InChI is InChI=1S/C20H21N3O3/c1-13-16(11-14-7-5-4-6-8-14)19(24)23-20(21-13)22-17-10-9-15(25-2)12-18(17)26-3/h4-10,12H,11H2,1-3H3,(H2,21,22,23,24). The number of nitrogens with zero attached hydrogens (tertiary/aromatic N) is 1. The molecule has 0 atom stereocenters. The Kier molecular flexibility index (Phi) is 5.22. The number of aromatic nitrogens is 2. The Morgan fingerprint density at radius 3 is 2.50 bits per heavy atom. The highest BCUT2D eigenvalue weighted by Gasteiger charge is 2.11. The quantitative estimate of drug-likeness (QED) is 0.711. The monoisotopic (exact) mass is 351 g/mol. The third kappa shape index (κ3) is 3.85. The van der Waals surface area contributed by atoms with Gasteiger partial charge in [0.2, 0.25) is 5.95 Å². The molecule has 3 rings (SSSR count). The second kappa shape index (κ2) is 7.74. The van der Waals surface area contributed by atoms with Crippen molar-refractivity contribution in [3.63, 3.8) is 0 Å². The maximum absolute atomic E-state index is 12.5. The molecule has 0 bridgehead atoms. The van der Waals surface area contributed by atoms with Gasteiger partial charge in [-0.25, -0.2) is 4.98 Å². The first-order valence-electron chi connectivity index (χ1n) is 8.23. The Balaban J connectivity index is 1.88. The SMILES string of the molecule is COc1ccc(Nc2nc(C)c(Cc3ccccc3)c(=O)[nH]2)c(OC)c1. The fourth-order valence-electron chi connectivity index (χ4n) is 2.71. The molecular weight excluding hydrogens is 330 g/mol. The third-order valence-electron chi connectivity index (χ3n) is 4.11. The largest absolute Gasteiger partial charge is 0.497 e. The van der Waals surface area contributed by atoms with E-state index in [0.717, 1.165) is 5.56 Å². The zero-order valence-corrected chi connectivity index (χ0v) is 15.0. The summed E-state index contributed by atoms with van der Waals surface area (Å²) >= 11 is 0. The first-order valence-corrected chi connectivity index (χ1v) is 8.23. The minimum atomic E-state index is -0.156. The van der Waals surface area contributed by atoms with E-state index in [4.69, 9.17) is 9.47 Å². The molecule has 0 amide bonds. The van der Waals surface area contributed by atoms with Gasteiger partial charge in [0.15, 0.2) is 0 Å². The maximum Gasteiger partial charge on any atom is 0.256 e. The van der Waals surface area contributed by atoms with Crippen LogP contribution in [0, 0.1) is 6.92 Å². The van der Waals surface area contributed by atoms with Gasteiger partial charge in [0.25, 0.3) is 5.56 Å². The van der Waals surface area contributed by atoms with E-state index < -0.39 is 0 Å². The smallest absolute Gasteiger partial charge is 0.256 e. The molecular formula is C20H21N3O3. The number of rotatable bonds is 6. The fourth-order valence-corrected chi connectivity index (χ4v) is 2.71. The normalized spacial score (nSPS) is 10.4. The van der Waals surface area contributed by atoms with Crippen molar-refractivity contribution in [3.05, 3.63) is 75.7 Å². The summed E-state index contributed by atoms with van der Waals surface area (Å²) in [6.45, 7) is 1.84. The van der Waals surface area contributed by atoms with Crippen LogP contribution in [0.3, 0.4) is 0 Å². The topological polar surface area (TPSA) is 76.2 Å². The van der Waals surface area contributed by atoms with Crippen molar-refractivity contribution in [2.24, 2.45) is 0 Å². The molecule has 1 aromatic heterocycles. The number of H-pyrrole nitrogens is 1. The van der Waals surface area contributed by atoms with Crippen LogP contribution in [0.15, 0.2) is 53.3 Å². The Morgan fingerprint density at radius 2 is 1.85 bits per heavy atom. The summed E-state index contributed by atoms with van der Waals surface area (Å²) in [4.78, 5) is 19.8. The maximum atomic E-state index is 12.5. The molecule has 0 spiro atoms. The second-order valence-corrected chi connectivity index (χ2v) is 5.83. The Morgan fingerprint density at radius 1 is 1.08 bits per heavy atom. The number of aromatic amines is 1. The highest BCUT2D eigenvalue weighted by molar-refractivity contribution is 5.64. The van der Waals surface area contributed by atoms with Crippen LogP contribution in [-0.2, 0) is 6.42 Å². The number of aryl methyl sites for hydroxylation is 1. The predicted octanol–water partition coefficient (Wildman–Crippen LogP) is 3.43. The van der Waals surface area contributed by atoms with Crippen molar-refractivity contribution >= 4 is 11.6 Å². The van der Waals surface area contributed by atoms with Crippen molar-refractivity contribution in [2.45, 2.75) is 13.3 Å². The van der Waals surface area contributed by atoms with Crippen molar-refractivity contribution in [3.8, 4) is 11.5 Å². The average Bonchev–Trinajstić information content (AvgIpc) is 2.66. The predicted molar refractivity (Wildman–Crippen MR) is 102 cm³/mol. The number of methoxy groups -OCH3 is 2. The summed E-state index contributed by atoms with van der Waals surface area (Å²) in [5, 5.41) is 3.10. The van der Waals surface area contributed by atoms with E-state index in [0.29, 0.717) is 40.8 Å². The van der Waals surface area contributed by atoms with Crippen molar-refractivity contribution in [2.75, 3.05) is 19.5 Å². The van der Waals surface area contributed by atoms with Crippen LogP contribution in [0.4, 0.5) is 11.6 Å². The molecule has 26 heavy (non-hydrogen) atoms. The van der Waals surface area contributed by atoms with Crippen LogP contribution in [-0.4, -0.2) is 24.2 Å². The van der Waals surface area contributed by atoms with E-state index in [1.807, 2.05) is 43.3 Å². The lowest BCUT2D eigenvalue weighted by molar-refractivity contribution is 0.395. The van der Waals surface area contributed by atoms with Crippen molar-refractivity contribution < 1.29 is 9.47 Å². The fraction of sp³-hybridized carbons (Fsp3) is 0.200. The molecule has 6 nitrogen and oxygen atoms in total. The van der Waals surface area contributed by atoms with Gasteiger partial charge in [-0.3, -0.25) is 9.78 Å². The third-order valence-corrected chi connectivity index (χ3v) is 4.11. The van der Waals surface area contributed by atoms with E-state index in [2.05, 4.69) is 15.3 Å². The lowest BCUT2D eigenvalue weighted by Crippen LogP contribution is -2.18. The van der Waals surface area contributed by atoms with Gasteiger partial charge in [0.05, 0.1) is 25.6 Å². The van der Waals surface area contributed by atoms with Crippen molar-refractivity contribution in [1.82, 2.24) is 9.97 Å². The molecule has 134 valence electrons. The molecule has 0 aliphatic heterocycles. The zero-order chi connectivity index (χ0) is 18.5. The van der Waals surface area contributed by atoms with Gasteiger partial charge >= 0.3 is 0 Å². The van der Waals surface area contributed by atoms with E-state index >= 15 is 0 Å². The molecule has 0 saturated carbocycles. The number of hydrogen-bond donors (Lipinski definition) is 2. The van der Waals surface area contributed by atoms with Crippen molar-refractivity contribution in [1.29, 1.82) is 0 Å². The second-order valence-electron chi connectivity index (χ2n) is 5.83. The first-order chi connectivity index (χ1) is 12.6. The number of benzene rings is 2. The minimum Gasteiger partial charge on any atom is -0.497 e. The van der Waals surface area contributed by atoms with Crippen LogP contribution in [0.25, 0.3) is 0 Å². The molecule has 1 heterocycles. The van der Waals surface area contributed by atoms with Crippen LogP contribution < -0.4 is 20.3 Å². The van der Waals surface area contributed by atoms with Gasteiger partial charge in [-0.2, -0.15) is 0 Å². The highest BCUT2D eigenvalue weighted by atomic mass is 16.5. The van der Waals surface area contributed by atoms with Gasteiger partial charge in [-0.05, 0) is 24.6 Å². The molecule has 0 saturated heterocycles. The number of anilines is 2. The summed E-state index contributed by atoms with van der Waals surface area (Å²) in [7, 11) is 3.17. The molecule has 2 aromatic carbocycles. The Labute approximate surface area is 151 Å².